The second-order valence-corrected chi connectivity index (χ2v) is 7.09. The zero-order valence-electron chi connectivity index (χ0n) is 16.3. The number of hydrogen-bond donors (Lipinski definition) is 0. The summed E-state index contributed by atoms with van der Waals surface area (Å²) in [5.41, 5.74) is 0. The molecule has 0 radical (unpaired) electrons. The number of rotatable bonds is 12. The lowest BCUT2D eigenvalue weighted by Gasteiger charge is -2.35. The summed E-state index contributed by atoms with van der Waals surface area (Å²) in [6.45, 7) is 5.37. The van der Waals surface area contributed by atoms with E-state index < -0.39 is 0 Å². The van der Waals surface area contributed by atoms with Crippen LogP contribution < -0.4 is 0 Å². The van der Waals surface area contributed by atoms with Crippen LogP contribution in [0.15, 0.2) is 0 Å². The molecule has 5 heteroatoms. The fraction of sp³-hybridized carbons (Fsp3) is 0.900. The topological polar surface area (TPSA) is 61.8 Å². The quantitative estimate of drug-likeness (QED) is 0.379. The zero-order chi connectivity index (χ0) is 18.5. The first kappa shape index (κ1) is 21.9. The summed E-state index contributed by atoms with van der Waals surface area (Å²) in [7, 11) is 0. The van der Waals surface area contributed by atoms with Crippen molar-refractivity contribution in [3.63, 3.8) is 0 Å². The molecule has 1 heterocycles. The zero-order valence-corrected chi connectivity index (χ0v) is 16.3. The van der Waals surface area contributed by atoms with Crippen molar-refractivity contribution in [2.75, 3.05) is 6.61 Å². The first-order valence-corrected chi connectivity index (χ1v) is 9.99. The van der Waals surface area contributed by atoms with Crippen LogP contribution in [0.4, 0.5) is 0 Å². The normalized spacial score (nSPS) is 23.2. The molecule has 0 aromatic rings. The molecule has 25 heavy (non-hydrogen) atoms. The van der Waals surface area contributed by atoms with Gasteiger partial charge >= 0.3 is 11.9 Å². The number of esters is 2. The average molecular weight is 357 g/mol. The maximum Gasteiger partial charge on any atom is 0.302 e. The molecule has 0 aromatic carbocycles. The van der Waals surface area contributed by atoms with Crippen molar-refractivity contribution >= 4 is 11.9 Å². The van der Waals surface area contributed by atoms with E-state index in [0.29, 0.717) is 0 Å². The van der Waals surface area contributed by atoms with Crippen LogP contribution in [0.2, 0.25) is 0 Å². The Kier molecular flexibility index (Phi) is 11.5. The number of carbonyl (C=O) groups excluding carboxylic acids is 2. The van der Waals surface area contributed by atoms with Gasteiger partial charge in [0.2, 0.25) is 0 Å². The number of unbranched alkanes of at least 4 members (excludes halogenated alkanes) is 7. The summed E-state index contributed by atoms with van der Waals surface area (Å²) in [6, 6.07) is 0. The Labute approximate surface area is 152 Å². The summed E-state index contributed by atoms with van der Waals surface area (Å²) < 4.78 is 16.5. The van der Waals surface area contributed by atoms with Crippen LogP contribution in [0.5, 0.6) is 0 Å². The van der Waals surface area contributed by atoms with Gasteiger partial charge in [-0.25, -0.2) is 0 Å². The van der Waals surface area contributed by atoms with Crippen LogP contribution >= 0.6 is 0 Å². The summed E-state index contributed by atoms with van der Waals surface area (Å²) in [5, 5.41) is 0. The van der Waals surface area contributed by atoms with Crippen molar-refractivity contribution in [2.24, 2.45) is 0 Å². The molecule has 1 saturated heterocycles. The molecular formula is C20H36O5. The van der Waals surface area contributed by atoms with Crippen LogP contribution in [-0.2, 0) is 23.8 Å². The molecule has 0 N–H and O–H groups in total. The van der Waals surface area contributed by atoms with Crippen LogP contribution in [0.25, 0.3) is 0 Å². The van der Waals surface area contributed by atoms with Crippen LogP contribution in [0.1, 0.15) is 91.4 Å². The van der Waals surface area contributed by atoms with Crippen LogP contribution in [0, 0.1) is 0 Å². The highest BCUT2D eigenvalue weighted by molar-refractivity contribution is 5.66. The molecule has 1 aliphatic heterocycles. The third kappa shape index (κ3) is 10.5. The number of carbonyl (C=O) groups is 2. The van der Waals surface area contributed by atoms with Gasteiger partial charge in [0.1, 0.15) is 12.7 Å². The third-order valence-corrected chi connectivity index (χ3v) is 4.69. The molecule has 0 unspecified atom stereocenters. The predicted octanol–water partition coefficient (Wildman–Crippen LogP) is 4.56. The van der Waals surface area contributed by atoms with Crippen molar-refractivity contribution in [3.8, 4) is 0 Å². The van der Waals surface area contributed by atoms with Crippen molar-refractivity contribution in [3.05, 3.63) is 0 Å². The van der Waals surface area contributed by atoms with Crippen molar-refractivity contribution in [2.45, 2.75) is 110 Å². The Morgan fingerprint density at radius 3 is 2.16 bits per heavy atom. The maximum atomic E-state index is 11.3. The lowest BCUT2D eigenvalue weighted by Crippen LogP contribution is -2.43. The molecule has 0 aliphatic carbocycles. The summed E-state index contributed by atoms with van der Waals surface area (Å²) in [6.07, 6.45) is 12.2. The average Bonchev–Trinajstić information content (AvgIpc) is 2.56. The van der Waals surface area contributed by atoms with E-state index in [2.05, 4.69) is 6.92 Å². The lowest BCUT2D eigenvalue weighted by atomic mass is 9.96. The first-order chi connectivity index (χ1) is 12.0. The highest BCUT2D eigenvalue weighted by Gasteiger charge is 2.33. The highest BCUT2D eigenvalue weighted by Crippen LogP contribution is 2.26. The fourth-order valence-electron chi connectivity index (χ4n) is 3.35. The standard InChI is InChI=1S/C20H36O5/c1-4-5-6-7-8-9-10-11-12-19-20(24-17(3)22)14-13-18(25-19)15-23-16(2)21/h18-20H,4-15H2,1-3H3/t18-,19-,20+/m0/s1. The van der Waals surface area contributed by atoms with Gasteiger partial charge < -0.3 is 14.2 Å². The Hall–Kier alpha value is -1.10. The Balaban J connectivity index is 2.30. The molecule has 5 nitrogen and oxygen atoms in total. The monoisotopic (exact) mass is 356 g/mol. The summed E-state index contributed by atoms with van der Waals surface area (Å²) in [4.78, 5) is 22.3. The van der Waals surface area contributed by atoms with E-state index in [4.69, 9.17) is 14.2 Å². The minimum Gasteiger partial charge on any atom is -0.463 e. The molecule has 146 valence electrons. The van der Waals surface area contributed by atoms with E-state index in [1.54, 1.807) is 0 Å². The van der Waals surface area contributed by atoms with Crippen molar-refractivity contribution < 1.29 is 23.8 Å². The SMILES string of the molecule is CCCCCCCCCC[C@@H]1O[C@H](COC(C)=O)CC[C@H]1OC(C)=O. The molecular weight excluding hydrogens is 320 g/mol. The van der Waals surface area contributed by atoms with Crippen molar-refractivity contribution in [1.29, 1.82) is 0 Å². The highest BCUT2D eigenvalue weighted by atomic mass is 16.6. The van der Waals surface area contributed by atoms with Gasteiger partial charge in [-0.1, -0.05) is 58.3 Å². The smallest absolute Gasteiger partial charge is 0.302 e. The summed E-state index contributed by atoms with van der Waals surface area (Å²) in [5.74, 6) is -0.543. The van der Waals surface area contributed by atoms with E-state index in [1.807, 2.05) is 0 Å². The van der Waals surface area contributed by atoms with E-state index in [0.717, 1.165) is 25.7 Å². The number of hydrogen-bond acceptors (Lipinski definition) is 5. The van der Waals surface area contributed by atoms with E-state index in [9.17, 15) is 9.59 Å². The van der Waals surface area contributed by atoms with Gasteiger partial charge in [-0.05, 0) is 19.3 Å². The fourth-order valence-corrected chi connectivity index (χ4v) is 3.35. The number of ether oxygens (including phenoxy) is 3. The van der Waals surface area contributed by atoms with E-state index >= 15 is 0 Å². The maximum absolute atomic E-state index is 11.3. The van der Waals surface area contributed by atoms with Gasteiger partial charge in [-0.3, -0.25) is 9.59 Å². The van der Waals surface area contributed by atoms with Crippen LogP contribution in [0.3, 0.4) is 0 Å². The van der Waals surface area contributed by atoms with Gasteiger partial charge in [-0.15, -0.1) is 0 Å². The second kappa shape index (κ2) is 13.2. The Bertz CT molecular complexity index is 382. The summed E-state index contributed by atoms with van der Waals surface area (Å²) >= 11 is 0. The Morgan fingerprint density at radius 2 is 1.56 bits per heavy atom. The molecule has 0 saturated carbocycles. The molecule has 0 amide bonds. The van der Waals surface area contributed by atoms with Crippen molar-refractivity contribution in [1.82, 2.24) is 0 Å². The largest absolute Gasteiger partial charge is 0.463 e. The first-order valence-electron chi connectivity index (χ1n) is 9.99. The molecule has 0 aromatic heterocycles. The minimum absolute atomic E-state index is 0.0849. The Morgan fingerprint density at radius 1 is 0.920 bits per heavy atom. The molecule has 1 rings (SSSR count). The van der Waals surface area contributed by atoms with Crippen LogP contribution in [-0.4, -0.2) is 36.9 Å². The van der Waals surface area contributed by atoms with Gasteiger partial charge in [0.15, 0.2) is 0 Å². The predicted molar refractivity (Wildman–Crippen MR) is 97.3 cm³/mol. The molecule has 1 fully saturated rings. The lowest BCUT2D eigenvalue weighted by molar-refractivity contribution is -0.178. The second-order valence-electron chi connectivity index (χ2n) is 7.09. The van der Waals surface area contributed by atoms with Gasteiger partial charge in [-0.2, -0.15) is 0 Å². The van der Waals surface area contributed by atoms with Gasteiger partial charge in [0.25, 0.3) is 0 Å². The van der Waals surface area contributed by atoms with E-state index in [-0.39, 0.29) is 36.9 Å². The van der Waals surface area contributed by atoms with E-state index in [1.165, 1.54) is 58.8 Å². The van der Waals surface area contributed by atoms with Gasteiger partial charge in [0.05, 0.1) is 12.2 Å². The molecule has 1 aliphatic rings. The molecule has 0 bridgehead atoms. The minimum atomic E-state index is -0.287. The molecule has 3 atom stereocenters. The third-order valence-electron chi connectivity index (χ3n) is 4.69. The van der Waals surface area contributed by atoms with Gasteiger partial charge in [0, 0.05) is 13.8 Å². The molecule has 0 spiro atoms.